The second kappa shape index (κ2) is 51.7. The van der Waals surface area contributed by atoms with Crippen LogP contribution in [0.3, 0.4) is 0 Å². The molecule has 0 aliphatic heterocycles. The molecule has 1 atom stereocenters. The van der Waals surface area contributed by atoms with Crippen molar-refractivity contribution in [2.75, 3.05) is 13.2 Å². The first kappa shape index (κ1) is 60.1. The second-order valence-electron chi connectivity index (χ2n) is 17.8. The lowest BCUT2D eigenvalue weighted by Gasteiger charge is -2.18. The Morgan fingerprint density at radius 2 is 0.571 bits per heavy atom. The molecular weight excluding hydrogens is 781 g/mol. The van der Waals surface area contributed by atoms with E-state index in [0.717, 1.165) is 103 Å². The molecule has 6 nitrogen and oxygen atoms in total. The van der Waals surface area contributed by atoms with Gasteiger partial charge in [-0.15, -0.1) is 0 Å². The molecular formula is C57H100O6. The van der Waals surface area contributed by atoms with E-state index in [4.69, 9.17) is 14.2 Å². The number of hydrogen-bond acceptors (Lipinski definition) is 6. The number of rotatable bonds is 48. The summed E-state index contributed by atoms with van der Waals surface area (Å²) in [6, 6.07) is 0. The van der Waals surface area contributed by atoms with Crippen LogP contribution in [0.5, 0.6) is 0 Å². The summed E-state index contributed by atoms with van der Waals surface area (Å²) < 4.78 is 16.8. The molecule has 1 unspecified atom stereocenters. The molecule has 0 aromatic rings. The van der Waals surface area contributed by atoms with Crippen LogP contribution in [0.1, 0.15) is 265 Å². The van der Waals surface area contributed by atoms with E-state index in [1.165, 1.54) is 122 Å². The predicted molar refractivity (Wildman–Crippen MR) is 270 cm³/mol. The molecule has 0 aromatic heterocycles. The van der Waals surface area contributed by atoms with Gasteiger partial charge in [0.2, 0.25) is 0 Å². The average Bonchev–Trinajstić information content (AvgIpc) is 3.28. The fourth-order valence-corrected chi connectivity index (χ4v) is 7.38. The first-order chi connectivity index (χ1) is 31.0. The Labute approximate surface area is 390 Å². The van der Waals surface area contributed by atoms with Gasteiger partial charge in [-0.3, -0.25) is 14.4 Å². The van der Waals surface area contributed by atoms with Gasteiger partial charge in [0.15, 0.2) is 6.10 Å². The number of unbranched alkanes of at least 4 members (excludes halogenated alkanes) is 27. The van der Waals surface area contributed by atoms with Crippen LogP contribution < -0.4 is 0 Å². The van der Waals surface area contributed by atoms with E-state index in [2.05, 4.69) is 81.5 Å². The van der Waals surface area contributed by atoms with E-state index in [0.29, 0.717) is 19.3 Å². The average molecular weight is 881 g/mol. The summed E-state index contributed by atoms with van der Waals surface area (Å²) in [6.07, 6.45) is 63.4. The van der Waals surface area contributed by atoms with E-state index in [9.17, 15) is 14.4 Å². The first-order valence-corrected chi connectivity index (χ1v) is 26.8. The van der Waals surface area contributed by atoms with Gasteiger partial charge >= 0.3 is 17.9 Å². The summed E-state index contributed by atoms with van der Waals surface area (Å²) in [4.78, 5) is 38.0. The maximum atomic E-state index is 12.8. The molecule has 0 saturated carbocycles. The number of carbonyl (C=O) groups is 3. The SMILES string of the molecule is CCCCC/C=C\C/C=C\CCCCCCCC(=O)OC(COC(=O)CCCCCCC/C=C\CCCCC)COC(=O)CCCCCCCCC/C=C\C/C=C\CCCCCC. The van der Waals surface area contributed by atoms with Crippen LogP contribution in [-0.4, -0.2) is 37.2 Å². The van der Waals surface area contributed by atoms with Crippen LogP contribution in [-0.2, 0) is 28.6 Å². The molecule has 0 aliphatic rings. The van der Waals surface area contributed by atoms with Gasteiger partial charge < -0.3 is 14.2 Å². The fraction of sp³-hybridized carbons (Fsp3) is 0.772. The molecule has 0 amide bonds. The lowest BCUT2D eigenvalue weighted by Crippen LogP contribution is -2.30. The molecule has 0 spiro atoms. The number of carbonyl (C=O) groups excluding carboxylic acids is 3. The highest BCUT2D eigenvalue weighted by atomic mass is 16.6. The molecule has 0 saturated heterocycles. The molecule has 364 valence electrons. The molecule has 0 N–H and O–H groups in total. The van der Waals surface area contributed by atoms with Crippen molar-refractivity contribution in [3.8, 4) is 0 Å². The third-order valence-electron chi connectivity index (χ3n) is 11.5. The van der Waals surface area contributed by atoms with Crippen LogP contribution in [0, 0.1) is 0 Å². The van der Waals surface area contributed by atoms with E-state index in [-0.39, 0.29) is 31.1 Å². The first-order valence-electron chi connectivity index (χ1n) is 26.8. The van der Waals surface area contributed by atoms with Crippen LogP contribution in [0.15, 0.2) is 60.8 Å². The summed E-state index contributed by atoms with van der Waals surface area (Å²) in [5, 5.41) is 0. The van der Waals surface area contributed by atoms with Crippen molar-refractivity contribution >= 4 is 17.9 Å². The van der Waals surface area contributed by atoms with Gasteiger partial charge in [-0.05, 0) is 109 Å². The minimum atomic E-state index is -0.787. The zero-order valence-corrected chi connectivity index (χ0v) is 41.6. The Balaban J connectivity index is 4.40. The second-order valence-corrected chi connectivity index (χ2v) is 17.8. The van der Waals surface area contributed by atoms with Gasteiger partial charge in [0.25, 0.3) is 0 Å². The van der Waals surface area contributed by atoms with Crippen LogP contribution in [0.2, 0.25) is 0 Å². The van der Waals surface area contributed by atoms with Crippen LogP contribution >= 0.6 is 0 Å². The molecule has 0 fully saturated rings. The highest BCUT2D eigenvalue weighted by Crippen LogP contribution is 2.14. The Morgan fingerprint density at radius 3 is 0.921 bits per heavy atom. The molecule has 0 bridgehead atoms. The minimum Gasteiger partial charge on any atom is -0.462 e. The summed E-state index contributed by atoms with van der Waals surface area (Å²) in [6.45, 7) is 6.55. The van der Waals surface area contributed by atoms with Gasteiger partial charge in [-0.25, -0.2) is 0 Å². The van der Waals surface area contributed by atoms with Crippen molar-refractivity contribution in [3.63, 3.8) is 0 Å². The minimum absolute atomic E-state index is 0.0865. The zero-order valence-electron chi connectivity index (χ0n) is 41.6. The summed E-state index contributed by atoms with van der Waals surface area (Å²) >= 11 is 0. The van der Waals surface area contributed by atoms with Gasteiger partial charge in [0.05, 0.1) is 0 Å². The maximum absolute atomic E-state index is 12.8. The predicted octanol–water partition coefficient (Wildman–Crippen LogP) is 17.6. The lowest BCUT2D eigenvalue weighted by atomic mass is 10.1. The Kier molecular flexibility index (Phi) is 49.4. The molecule has 6 heteroatoms. The van der Waals surface area contributed by atoms with Gasteiger partial charge in [-0.1, -0.05) is 197 Å². The van der Waals surface area contributed by atoms with Gasteiger partial charge in [-0.2, -0.15) is 0 Å². The topological polar surface area (TPSA) is 78.9 Å². The molecule has 0 aromatic carbocycles. The van der Waals surface area contributed by atoms with E-state index < -0.39 is 6.10 Å². The van der Waals surface area contributed by atoms with Crippen molar-refractivity contribution in [3.05, 3.63) is 60.8 Å². The summed E-state index contributed by atoms with van der Waals surface area (Å²) in [5.41, 5.74) is 0. The van der Waals surface area contributed by atoms with Crippen molar-refractivity contribution in [2.45, 2.75) is 271 Å². The molecule has 0 heterocycles. The standard InChI is InChI=1S/C57H100O6/c1-4-7-10-13-16-19-22-25-27-28-29-31-32-35-38-41-44-47-50-56(59)62-53-54(52-61-55(58)49-46-43-40-37-34-24-21-18-15-12-9-6-3)63-57(60)51-48-45-42-39-36-33-30-26-23-20-17-14-11-8-5-2/h17-22,26-28,30,54H,4-16,23-25,29,31-53H2,1-3H3/b20-17-,21-18-,22-19-,28-27-,30-26-. The number of esters is 3. The van der Waals surface area contributed by atoms with Crippen LogP contribution in [0.25, 0.3) is 0 Å². The monoisotopic (exact) mass is 881 g/mol. The van der Waals surface area contributed by atoms with Crippen molar-refractivity contribution in [1.29, 1.82) is 0 Å². The Hall–Kier alpha value is -2.89. The Bertz CT molecular complexity index is 1150. The van der Waals surface area contributed by atoms with E-state index in [1.807, 2.05) is 0 Å². The summed E-state index contributed by atoms with van der Waals surface area (Å²) in [5.74, 6) is -0.912. The lowest BCUT2D eigenvalue weighted by molar-refractivity contribution is -0.167. The van der Waals surface area contributed by atoms with E-state index >= 15 is 0 Å². The number of allylic oxidation sites excluding steroid dienone is 10. The maximum Gasteiger partial charge on any atom is 0.306 e. The third-order valence-corrected chi connectivity index (χ3v) is 11.5. The van der Waals surface area contributed by atoms with Crippen molar-refractivity contribution in [1.82, 2.24) is 0 Å². The largest absolute Gasteiger partial charge is 0.462 e. The zero-order chi connectivity index (χ0) is 45.8. The normalized spacial score (nSPS) is 12.5. The van der Waals surface area contributed by atoms with E-state index in [1.54, 1.807) is 0 Å². The van der Waals surface area contributed by atoms with Crippen molar-refractivity contribution in [2.24, 2.45) is 0 Å². The molecule has 0 radical (unpaired) electrons. The fourth-order valence-electron chi connectivity index (χ4n) is 7.38. The highest BCUT2D eigenvalue weighted by molar-refractivity contribution is 5.71. The van der Waals surface area contributed by atoms with Crippen LogP contribution in [0.4, 0.5) is 0 Å². The molecule has 63 heavy (non-hydrogen) atoms. The third kappa shape index (κ3) is 50.0. The Morgan fingerprint density at radius 1 is 0.317 bits per heavy atom. The number of ether oxygens (including phenoxy) is 3. The van der Waals surface area contributed by atoms with Gasteiger partial charge in [0.1, 0.15) is 13.2 Å². The highest BCUT2D eigenvalue weighted by Gasteiger charge is 2.19. The smallest absolute Gasteiger partial charge is 0.306 e. The quantitative estimate of drug-likeness (QED) is 0.0262. The number of hydrogen-bond donors (Lipinski definition) is 0. The molecule has 0 rings (SSSR count). The van der Waals surface area contributed by atoms with Gasteiger partial charge in [0, 0.05) is 19.3 Å². The van der Waals surface area contributed by atoms with Crippen molar-refractivity contribution < 1.29 is 28.6 Å². The summed E-state index contributed by atoms with van der Waals surface area (Å²) in [7, 11) is 0. The molecule has 0 aliphatic carbocycles.